The van der Waals surface area contributed by atoms with Crippen LogP contribution in [-0.4, -0.2) is 6.61 Å². The van der Waals surface area contributed by atoms with Crippen LogP contribution in [0.25, 0.3) is 0 Å². The summed E-state index contributed by atoms with van der Waals surface area (Å²) in [6.45, 7) is 5.59. The number of hydrogen-bond donors (Lipinski definition) is 0. The van der Waals surface area contributed by atoms with Gasteiger partial charge in [-0.1, -0.05) is 36.4 Å². The summed E-state index contributed by atoms with van der Waals surface area (Å²) in [4.78, 5) is 0. The number of benzene rings is 1. The zero-order valence-corrected chi connectivity index (χ0v) is 10.2. The number of allylic oxidation sites excluding steroid dienone is 1. The van der Waals surface area contributed by atoms with Gasteiger partial charge >= 0.3 is 0 Å². The summed E-state index contributed by atoms with van der Waals surface area (Å²) in [5.41, 5.74) is 1.28. The lowest BCUT2D eigenvalue weighted by Gasteiger charge is -2.03. The second-order valence-corrected chi connectivity index (χ2v) is 5.46. The van der Waals surface area contributed by atoms with Gasteiger partial charge in [0.2, 0.25) is 0 Å². The molecule has 3 rings (SSSR count). The van der Waals surface area contributed by atoms with Crippen molar-refractivity contribution in [1.29, 1.82) is 0 Å². The van der Waals surface area contributed by atoms with Crippen molar-refractivity contribution >= 4 is 0 Å². The molecule has 0 amide bonds. The molecule has 1 heteroatoms. The predicted octanol–water partition coefficient (Wildman–Crippen LogP) is 3.66. The second-order valence-electron chi connectivity index (χ2n) is 5.46. The molecule has 1 aromatic carbocycles. The minimum absolute atomic E-state index is 0.764. The molecule has 4 atom stereocenters. The first-order valence-electron chi connectivity index (χ1n) is 6.62. The minimum Gasteiger partial charge on any atom is -0.376 e. The Bertz CT molecular complexity index is 384. The van der Waals surface area contributed by atoms with Crippen LogP contribution in [0.2, 0.25) is 0 Å². The number of ether oxygens (including phenoxy) is 1. The van der Waals surface area contributed by atoms with Crippen LogP contribution >= 0.6 is 0 Å². The molecule has 0 bridgehead atoms. The molecule has 2 saturated carbocycles. The summed E-state index contributed by atoms with van der Waals surface area (Å²) in [5, 5.41) is 0. The van der Waals surface area contributed by atoms with Crippen LogP contribution in [0.3, 0.4) is 0 Å². The van der Waals surface area contributed by atoms with Crippen molar-refractivity contribution < 1.29 is 4.74 Å². The standard InChI is InChI=1S/C16H20O/c1-2-13-8-15(13)16-9-14(16)11-17-10-12-6-4-3-5-7-12/h2-7,13-16H,1,8-11H2/t13-,14+,15-,16-/m0/s1. The molecule has 2 aliphatic carbocycles. The van der Waals surface area contributed by atoms with E-state index < -0.39 is 0 Å². The molecule has 1 aromatic rings. The van der Waals surface area contributed by atoms with Crippen LogP contribution in [0.4, 0.5) is 0 Å². The van der Waals surface area contributed by atoms with Crippen LogP contribution in [0, 0.1) is 23.7 Å². The van der Waals surface area contributed by atoms with Gasteiger partial charge in [0, 0.05) is 0 Å². The first-order chi connectivity index (χ1) is 8.38. The van der Waals surface area contributed by atoms with E-state index in [1.807, 2.05) is 6.07 Å². The molecular formula is C16H20O. The predicted molar refractivity (Wildman–Crippen MR) is 69.5 cm³/mol. The zero-order chi connectivity index (χ0) is 11.7. The summed E-state index contributed by atoms with van der Waals surface area (Å²) >= 11 is 0. The molecule has 0 saturated heterocycles. The minimum atomic E-state index is 0.764. The summed E-state index contributed by atoms with van der Waals surface area (Å²) in [7, 11) is 0. The van der Waals surface area contributed by atoms with Crippen LogP contribution in [0.5, 0.6) is 0 Å². The van der Waals surface area contributed by atoms with E-state index in [4.69, 9.17) is 4.74 Å². The van der Waals surface area contributed by atoms with Gasteiger partial charge in [0.15, 0.2) is 0 Å². The summed E-state index contributed by atoms with van der Waals surface area (Å²) in [6.07, 6.45) is 4.89. The van der Waals surface area contributed by atoms with Crippen LogP contribution in [0.15, 0.2) is 43.0 Å². The first-order valence-corrected chi connectivity index (χ1v) is 6.62. The molecule has 17 heavy (non-hydrogen) atoms. The SMILES string of the molecule is C=C[C@H]1C[C@@H]1[C@H]1C[C@@H]1COCc1ccccc1. The van der Waals surface area contributed by atoms with Gasteiger partial charge in [-0.25, -0.2) is 0 Å². The third kappa shape index (κ3) is 2.61. The highest BCUT2D eigenvalue weighted by molar-refractivity contribution is 5.13. The fourth-order valence-corrected chi connectivity index (χ4v) is 2.89. The third-order valence-corrected chi connectivity index (χ3v) is 4.16. The Morgan fingerprint density at radius 3 is 2.71 bits per heavy atom. The maximum absolute atomic E-state index is 5.79. The van der Waals surface area contributed by atoms with Crippen molar-refractivity contribution in [3.05, 3.63) is 48.6 Å². The summed E-state index contributed by atoms with van der Waals surface area (Å²) < 4.78 is 5.79. The third-order valence-electron chi connectivity index (χ3n) is 4.16. The van der Waals surface area contributed by atoms with Crippen molar-refractivity contribution in [3.8, 4) is 0 Å². The average molecular weight is 228 g/mol. The normalized spacial score (nSPS) is 34.4. The van der Waals surface area contributed by atoms with Crippen LogP contribution in [0.1, 0.15) is 18.4 Å². The van der Waals surface area contributed by atoms with Crippen molar-refractivity contribution in [3.63, 3.8) is 0 Å². The maximum atomic E-state index is 5.79. The Kier molecular flexibility index (Phi) is 3.02. The molecule has 0 aliphatic heterocycles. The Labute approximate surface area is 103 Å². The topological polar surface area (TPSA) is 9.23 Å². The van der Waals surface area contributed by atoms with Gasteiger partial charge < -0.3 is 4.74 Å². The Hall–Kier alpha value is -1.08. The Morgan fingerprint density at radius 1 is 1.18 bits per heavy atom. The van der Waals surface area contributed by atoms with Crippen molar-refractivity contribution in [2.24, 2.45) is 23.7 Å². The molecular weight excluding hydrogens is 208 g/mol. The van der Waals surface area contributed by atoms with Gasteiger partial charge in [-0.2, -0.15) is 0 Å². The highest BCUT2D eigenvalue weighted by Gasteiger charge is 2.52. The van der Waals surface area contributed by atoms with E-state index in [2.05, 4.69) is 36.9 Å². The van der Waals surface area contributed by atoms with E-state index in [-0.39, 0.29) is 0 Å². The quantitative estimate of drug-likeness (QED) is 0.675. The lowest BCUT2D eigenvalue weighted by molar-refractivity contribution is 0.107. The van der Waals surface area contributed by atoms with Crippen molar-refractivity contribution in [1.82, 2.24) is 0 Å². The molecule has 90 valence electrons. The molecule has 0 spiro atoms. The van der Waals surface area contributed by atoms with Gasteiger partial charge in [0.25, 0.3) is 0 Å². The lowest BCUT2D eigenvalue weighted by atomic mass is 10.2. The maximum Gasteiger partial charge on any atom is 0.0717 e. The molecule has 1 nitrogen and oxygen atoms in total. The number of hydrogen-bond acceptors (Lipinski definition) is 1. The Morgan fingerprint density at radius 2 is 2.00 bits per heavy atom. The van der Waals surface area contributed by atoms with E-state index in [9.17, 15) is 0 Å². The van der Waals surface area contributed by atoms with Gasteiger partial charge in [-0.3, -0.25) is 0 Å². The van der Waals surface area contributed by atoms with Crippen molar-refractivity contribution in [2.45, 2.75) is 19.4 Å². The molecule has 2 aliphatic rings. The fraction of sp³-hybridized carbons (Fsp3) is 0.500. The average Bonchev–Trinajstić information content (AvgIpc) is 3.24. The van der Waals surface area contributed by atoms with E-state index in [0.717, 1.165) is 36.9 Å². The van der Waals surface area contributed by atoms with Gasteiger partial charge in [-0.05, 0) is 42.1 Å². The van der Waals surface area contributed by atoms with Crippen LogP contribution < -0.4 is 0 Å². The molecule has 0 N–H and O–H groups in total. The van der Waals surface area contributed by atoms with Crippen LogP contribution in [-0.2, 0) is 11.3 Å². The summed E-state index contributed by atoms with van der Waals surface area (Å²) in [5.74, 6) is 3.53. The van der Waals surface area contributed by atoms with Gasteiger partial charge in [-0.15, -0.1) is 6.58 Å². The molecule has 2 fully saturated rings. The first kappa shape index (κ1) is 11.0. The van der Waals surface area contributed by atoms with Gasteiger partial charge in [0.1, 0.15) is 0 Å². The van der Waals surface area contributed by atoms with Crippen molar-refractivity contribution in [2.75, 3.05) is 6.61 Å². The Balaban J connectivity index is 1.36. The van der Waals surface area contributed by atoms with E-state index in [1.165, 1.54) is 18.4 Å². The molecule has 0 unspecified atom stereocenters. The zero-order valence-electron chi connectivity index (χ0n) is 10.2. The molecule has 0 radical (unpaired) electrons. The number of rotatable bonds is 6. The largest absolute Gasteiger partial charge is 0.376 e. The van der Waals surface area contributed by atoms with E-state index in [0.29, 0.717) is 0 Å². The smallest absolute Gasteiger partial charge is 0.0717 e. The molecule has 0 aromatic heterocycles. The highest BCUT2D eigenvalue weighted by Crippen LogP contribution is 2.58. The second kappa shape index (κ2) is 4.66. The monoisotopic (exact) mass is 228 g/mol. The van der Waals surface area contributed by atoms with E-state index in [1.54, 1.807) is 0 Å². The molecule has 0 heterocycles. The lowest BCUT2D eigenvalue weighted by Crippen LogP contribution is -1.99. The van der Waals surface area contributed by atoms with Gasteiger partial charge in [0.05, 0.1) is 13.2 Å². The fourth-order valence-electron chi connectivity index (χ4n) is 2.89. The van der Waals surface area contributed by atoms with E-state index >= 15 is 0 Å². The summed E-state index contributed by atoms with van der Waals surface area (Å²) in [6, 6.07) is 10.4. The highest BCUT2D eigenvalue weighted by atomic mass is 16.5.